The number of halogens is 1. The van der Waals surface area contributed by atoms with Gasteiger partial charge >= 0.3 is 0 Å². The smallest absolute Gasteiger partial charge is 0.116 e. The van der Waals surface area contributed by atoms with Gasteiger partial charge in [0, 0.05) is 13.1 Å². The Morgan fingerprint density at radius 3 is 2.62 bits per heavy atom. The van der Waals surface area contributed by atoms with Crippen molar-refractivity contribution >= 4 is 0 Å². The van der Waals surface area contributed by atoms with Crippen LogP contribution in [0.15, 0.2) is 0 Å². The number of likely N-dealkylation sites (tertiary alicyclic amines) is 1. The summed E-state index contributed by atoms with van der Waals surface area (Å²) in [7, 11) is 0. The zero-order valence-electron chi connectivity index (χ0n) is 10.4. The third-order valence-corrected chi connectivity index (χ3v) is 4.26. The van der Waals surface area contributed by atoms with E-state index >= 15 is 0 Å². The summed E-state index contributed by atoms with van der Waals surface area (Å²) in [6.07, 6.45) is 4.01. The number of alkyl halides is 1. The first-order valence-electron chi connectivity index (χ1n) is 6.86. The number of nitrogens with zero attached hydrogens (tertiary/aromatic N) is 1. The highest BCUT2D eigenvalue weighted by molar-refractivity contribution is 4.81. The summed E-state index contributed by atoms with van der Waals surface area (Å²) in [5.41, 5.74) is 0. The van der Waals surface area contributed by atoms with Gasteiger partial charge in [0.1, 0.15) is 6.17 Å². The number of hydrogen-bond acceptors (Lipinski definition) is 2. The first kappa shape index (κ1) is 12.3. The third kappa shape index (κ3) is 3.17. The predicted molar refractivity (Wildman–Crippen MR) is 65.3 cm³/mol. The number of piperidine rings is 2. The fourth-order valence-electron chi connectivity index (χ4n) is 3.07. The lowest BCUT2D eigenvalue weighted by Crippen LogP contribution is -2.45. The van der Waals surface area contributed by atoms with E-state index in [9.17, 15) is 4.39 Å². The lowest BCUT2D eigenvalue weighted by atomic mass is 9.91. The van der Waals surface area contributed by atoms with Crippen molar-refractivity contribution in [1.82, 2.24) is 10.2 Å². The lowest BCUT2D eigenvalue weighted by molar-refractivity contribution is 0.0683. The first-order chi connectivity index (χ1) is 7.79. The van der Waals surface area contributed by atoms with Crippen LogP contribution < -0.4 is 5.32 Å². The van der Waals surface area contributed by atoms with Crippen LogP contribution in [0.25, 0.3) is 0 Å². The van der Waals surface area contributed by atoms with Crippen LogP contribution in [0.3, 0.4) is 0 Å². The van der Waals surface area contributed by atoms with Crippen molar-refractivity contribution < 1.29 is 4.39 Å². The summed E-state index contributed by atoms with van der Waals surface area (Å²) in [4.78, 5) is 2.35. The Morgan fingerprint density at radius 1 is 1.25 bits per heavy atom. The Kier molecular flexibility index (Phi) is 4.59. The largest absolute Gasteiger partial charge is 0.317 e. The van der Waals surface area contributed by atoms with Gasteiger partial charge in [-0.3, -0.25) is 0 Å². The predicted octanol–water partition coefficient (Wildman–Crippen LogP) is 2.06. The molecule has 2 fully saturated rings. The van der Waals surface area contributed by atoms with Crippen molar-refractivity contribution in [3.8, 4) is 0 Å². The monoisotopic (exact) mass is 228 g/mol. The van der Waals surface area contributed by atoms with Gasteiger partial charge in [0.05, 0.1) is 0 Å². The standard InChI is InChI=1S/C13H25FN2/c1-2-12-5-8-16(10-13(12)14)9-11-3-6-15-7-4-11/h11-13,15H,2-10H2,1H3. The van der Waals surface area contributed by atoms with E-state index in [1.165, 1.54) is 12.8 Å². The van der Waals surface area contributed by atoms with Crippen LogP contribution in [0.4, 0.5) is 4.39 Å². The van der Waals surface area contributed by atoms with E-state index in [4.69, 9.17) is 0 Å². The van der Waals surface area contributed by atoms with Gasteiger partial charge < -0.3 is 10.2 Å². The SMILES string of the molecule is CCC1CCN(CC2CCNCC2)CC1F. The summed E-state index contributed by atoms with van der Waals surface area (Å²) >= 11 is 0. The average Bonchev–Trinajstić information content (AvgIpc) is 2.31. The third-order valence-electron chi connectivity index (χ3n) is 4.26. The maximum atomic E-state index is 13.8. The van der Waals surface area contributed by atoms with E-state index in [2.05, 4.69) is 17.1 Å². The molecule has 2 saturated heterocycles. The Hall–Kier alpha value is -0.150. The van der Waals surface area contributed by atoms with Gasteiger partial charge in [0.25, 0.3) is 0 Å². The molecule has 0 saturated carbocycles. The number of hydrogen-bond donors (Lipinski definition) is 1. The van der Waals surface area contributed by atoms with Crippen LogP contribution in [0.2, 0.25) is 0 Å². The van der Waals surface area contributed by atoms with Crippen molar-refractivity contribution in [1.29, 1.82) is 0 Å². The molecule has 2 unspecified atom stereocenters. The molecular formula is C13H25FN2. The molecule has 0 aromatic carbocycles. The van der Waals surface area contributed by atoms with Gasteiger partial charge in [0.2, 0.25) is 0 Å². The average molecular weight is 228 g/mol. The molecule has 2 rings (SSSR count). The fourth-order valence-corrected chi connectivity index (χ4v) is 3.07. The molecule has 2 heterocycles. The summed E-state index contributed by atoms with van der Waals surface area (Å²) < 4.78 is 13.8. The molecule has 16 heavy (non-hydrogen) atoms. The molecule has 3 heteroatoms. The Bertz CT molecular complexity index is 204. The highest BCUT2D eigenvalue weighted by atomic mass is 19.1. The van der Waals surface area contributed by atoms with Crippen LogP contribution in [0.5, 0.6) is 0 Å². The Labute approximate surface area is 98.6 Å². The zero-order valence-corrected chi connectivity index (χ0v) is 10.4. The van der Waals surface area contributed by atoms with Gasteiger partial charge in [-0.25, -0.2) is 4.39 Å². The molecule has 2 aliphatic rings. The van der Waals surface area contributed by atoms with Crippen LogP contribution in [-0.4, -0.2) is 43.8 Å². The van der Waals surface area contributed by atoms with Crippen molar-refractivity contribution in [3.63, 3.8) is 0 Å². The Morgan fingerprint density at radius 2 is 2.00 bits per heavy atom. The van der Waals surface area contributed by atoms with E-state index in [-0.39, 0.29) is 0 Å². The van der Waals surface area contributed by atoms with Crippen molar-refractivity contribution in [2.75, 3.05) is 32.7 Å². The summed E-state index contributed by atoms with van der Waals surface area (Å²) in [6.45, 7) is 7.33. The molecule has 0 aliphatic carbocycles. The zero-order chi connectivity index (χ0) is 11.4. The molecular weight excluding hydrogens is 203 g/mol. The second-order valence-electron chi connectivity index (χ2n) is 5.43. The van der Waals surface area contributed by atoms with Gasteiger partial charge in [-0.05, 0) is 50.7 Å². The van der Waals surface area contributed by atoms with Gasteiger partial charge in [-0.1, -0.05) is 13.3 Å². The molecule has 0 spiro atoms. The molecule has 2 aliphatic heterocycles. The van der Waals surface area contributed by atoms with E-state index in [0.29, 0.717) is 12.5 Å². The fraction of sp³-hybridized carbons (Fsp3) is 1.00. The minimum Gasteiger partial charge on any atom is -0.317 e. The first-order valence-corrected chi connectivity index (χ1v) is 6.86. The summed E-state index contributed by atoms with van der Waals surface area (Å²) in [6, 6.07) is 0. The van der Waals surface area contributed by atoms with Gasteiger partial charge in [-0.15, -0.1) is 0 Å². The van der Waals surface area contributed by atoms with Gasteiger partial charge in [0.15, 0.2) is 0 Å². The molecule has 1 N–H and O–H groups in total. The lowest BCUT2D eigenvalue weighted by Gasteiger charge is -2.37. The van der Waals surface area contributed by atoms with Crippen LogP contribution in [-0.2, 0) is 0 Å². The number of nitrogens with one attached hydrogen (secondary N) is 1. The maximum absolute atomic E-state index is 13.8. The molecule has 0 aromatic heterocycles. The molecule has 0 amide bonds. The molecule has 2 atom stereocenters. The van der Waals surface area contributed by atoms with Gasteiger partial charge in [-0.2, -0.15) is 0 Å². The topological polar surface area (TPSA) is 15.3 Å². The van der Waals surface area contributed by atoms with Crippen molar-refractivity contribution in [3.05, 3.63) is 0 Å². The second-order valence-corrected chi connectivity index (χ2v) is 5.43. The van der Waals surface area contributed by atoms with Crippen LogP contribution in [0, 0.1) is 11.8 Å². The molecule has 0 radical (unpaired) electrons. The van der Waals surface area contributed by atoms with Crippen molar-refractivity contribution in [2.45, 2.75) is 38.8 Å². The number of rotatable bonds is 3. The molecule has 0 aromatic rings. The van der Waals surface area contributed by atoms with Crippen LogP contribution >= 0.6 is 0 Å². The van der Waals surface area contributed by atoms with Crippen LogP contribution in [0.1, 0.15) is 32.6 Å². The summed E-state index contributed by atoms with van der Waals surface area (Å²) in [5, 5.41) is 3.38. The van der Waals surface area contributed by atoms with Crippen molar-refractivity contribution in [2.24, 2.45) is 11.8 Å². The molecule has 2 nitrogen and oxygen atoms in total. The van der Waals surface area contributed by atoms with E-state index in [1.807, 2.05) is 0 Å². The minimum atomic E-state index is -0.583. The normalized spacial score (nSPS) is 34.1. The molecule has 0 bridgehead atoms. The van der Waals surface area contributed by atoms with E-state index in [0.717, 1.165) is 44.9 Å². The summed E-state index contributed by atoms with van der Waals surface area (Å²) in [5.74, 6) is 1.12. The minimum absolute atomic E-state index is 0.323. The highest BCUT2D eigenvalue weighted by Crippen LogP contribution is 2.25. The Balaban J connectivity index is 1.74. The molecule has 94 valence electrons. The highest BCUT2D eigenvalue weighted by Gasteiger charge is 2.29. The second kappa shape index (κ2) is 5.97. The van der Waals surface area contributed by atoms with E-state index < -0.39 is 6.17 Å². The van der Waals surface area contributed by atoms with E-state index in [1.54, 1.807) is 0 Å². The maximum Gasteiger partial charge on any atom is 0.116 e. The quantitative estimate of drug-likeness (QED) is 0.795.